The van der Waals surface area contributed by atoms with Gasteiger partial charge >= 0.3 is 0 Å². The molecule has 116 valence electrons. The molecule has 0 aliphatic heterocycles. The Morgan fingerprint density at radius 1 is 1.38 bits per heavy atom. The molecule has 0 unspecified atom stereocenters. The van der Waals surface area contributed by atoms with Crippen LogP contribution in [-0.4, -0.2) is 38.6 Å². The maximum atomic E-state index is 10.4. The lowest BCUT2D eigenvalue weighted by molar-refractivity contribution is 0.104. The second-order valence-corrected chi connectivity index (χ2v) is 6.95. The number of hydrogen-bond donors (Lipinski definition) is 1. The van der Waals surface area contributed by atoms with Crippen LogP contribution < -0.4 is 4.90 Å². The summed E-state index contributed by atoms with van der Waals surface area (Å²) < 4.78 is 3.02. The molecule has 2 aromatic rings. The van der Waals surface area contributed by atoms with Gasteiger partial charge in [-0.25, -0.2) is 9.67 Å². The van der Waals surface area contributed by atoms with Crippen molar-refractivity contribution in [2.24, 2.45) is 7.05 Å². The van der Waals surface area contributed by atoms with E-state index in [1.165, 1.54) is 11.1 Å². The first kappa shape index (κ1) is 14.8. The van der Waals surface area contributed by atoms with E-state index in [-0.39, 0.29) is 12.1 Å². The fourth-order valence-electron chi connectivity index (χ4n) is 3.30. The van der Waals surface area contributed by atoms with Gasteiger partial charge in [0.2, 0.25) is 0 Å². The molecule has 21 heavy (non-hydrogen) atoms. The van der Waals surface area contributed by atoms with Gasteiger partial charge in [0.15, 0.2) is 10.8 Å². The summed E-state index contributed by atoms with van der Waals surface area (Å²) in [6.07, 6.45) is 5.16. The van der Waals surface area contributed by atoms with Gasteiger partial charge < -0.3 is 10.0 Å². The van der Waals surface area contributed by atoms with E-state index >= 15 is 0 Å². The first-order chi connectivity index (χ1) is 10.1. The lowest BCUT2D eigenvalue weighted by Gasteiger charge is -2.37. The third kappa shape index (κ3) is 2.66. The van der Waals surface area contributed by atoms with E-state index in [1.54, 1.807) is 11.3 Å². The van der Waals surface area contributed by atoms with Crippen LogP contribution in [0.5, 0.6) is 0 Å². The lowest BCUT2D eigenvalue weighted by atomic mass is 9.91. The van der Waals surface area contributed by atoms with Gasteiger partial charge in [0.25, 0.3) is 0 Å². The standard InChI is InChI=1S/C15H24N4OS/c1-4-9-19(11-7-5-6-8-12(11)20)15-16-14-13(21-15)10(2)17-18(14)3/h11-12,20H,4-9H2,1-3H3/t11-,12-/m1/s1. The minimum atomic E-state index is -0.225. The average molecular weight is 308 g/mol. The van der Waals surface area contributed by atoms with Crippen molar-refractivity contribution in [2.45, 2.75) is 58.1 Å². The second kappa shape index (κ2) is 5.93. The fourth-order valence-corrected chi connectivity index (χ4v) is 4.41. The Bertz CT molecular complexity index is 586. The molecule has 1 aliphatic rings. The summed E-state index contributed by atoms with van der Waals surface area (Å²) in [5.74, 6) is 0. The zero-order valence-corrected chi connectivity index (χ0v) is 13.9. The van der Waals surface area contributed by atoms with Crippen LogP contribution in [0, 0.1) is 6.92 Å². The van der Waals surface area contributed by atoms with E-state index < -0.39 is 0 Å². The topological polar surface area (TPSA) is 54.2 Å². The first-order valence-electron chi connectivity index (χ1n) is 7.86. The smallest absolute Gasteiger partial charge is 0.188 e. The summed E-state index contributed by atoms with van der Waals surface area (Å²) in [4.78, 5) is 7.12. The van der Waals surface area contributed by atoms with E-state index in [2.05, 4.69) is 16.9 Å². The first-order valence-corrected chi connectivity index (χ1v) is 8.68. The van der Waals surface area contributed by atoms with Crippen molar-refractivity contribution in [3.05, 3.63) is 5.69 Å². The number of fused-ring (bicyclic) bond motifs is 1. The third-order valence-corrected chi connectivity index (χ3v) is 5.53. The van der Waals surface area contributed by atoms with Crippen LogP contribution in [-0.2, 0) is 7.05 Å². The Morgan fingerprint density at radius 3 is 2.81 bits per heavy atom. The van der Waals surface area contributed by atoms with Gasteiger partial charge in [-0.1, -0.05) is 31.1 Å². The van der Waals surface area contributed by atoms with E-state index in [9.17, 15) is 5.11 Å². The van der Waals surface area contributed by atoms with Crippen molar-refractivity contribution >= 4 is 26.8 Å². The van der Waals surface area contributed by atoms with Gasteiger partial charge in [-0.3, -0.25) is 0 Å². The monoisotopic (exact) mass is 308 g/mol. The van der Waals surface area contributed by atoms with Gasteiger partial charge in [0.05, 0.1) is 22.5 Å². The van der Waals surface area contributed by atoms with Crippen LogP contribution in [0.1, 0.15) is 44.7 Å². The molecule has 3 rings (SSSR count). The van der Waals surface area contributed by atoms with Gasteiger partial charge in [-0.2, -0.15) is 5.10 Å². The number of aliphatic hydroxyl groups excluding tert-OH is 1. The van der Waals surface area contributed by atoms with Gasteiger partial charge in [-0.05, 0) is 26.2 Å². The van der Waals surface area contributed by atoms with E-state index in [4.69, 9.17) is 4.98 Å². The molecule has 2 atom stereocenters. The molecule has 1 aliphatic carbocycles. The summed E-state index contributed by atoms with van der Waals surface area (Å²) >= 11 is 1.71. The summed E-state index contributed by atoms with van der Waals surface area (Å²) in [5, 5.41) is 15.8. The molecule has 2 aromatic heterocycles. The van der Waals surface area contributed by atoms with Crippen molar-refractivity contribution in [1.29, 1.82) is 0 Å². The van der Waals surface area contributed by atoms with Gasteiger partial charge in [-0.15, -0.1) is 0 Å². The zero-order valence-electron chi connectivity index (χ0n) is 13.0. The third-order valence-electron chi connectivity index (χ3n) is 4.34. The van der Waals surface area contributed by atoms with Crippen molar-refractivity contribution in [3.8, 4) is 0 Å². The molecule has 0 saturated heterocycles. The van der Waals surface area contributed by atoms with Crippen molar-refractivity contribution in [1.82, 2.24) is 14.8 Å². The lowest BCUT2D eigenvalue weighted by Crippen LogP contribution is -2.46. The predicted molar refractivity (Wildman–Crippen MR) is 87.0 cm³/mol. The number of aromatic nitrogens is 3. The highest BCUT2D eigenvalue weighted by atomic mass is 32.1. The number of anilines is 1. The fraction of sp³-hybridized carbons (Fsp3) is 0.733. The van der Waals surface area contributed by atoms with Gasteiger partial charge in [0.1, 0.15) is 0 Å². The number of aliphatic hydroxyl groups is 1. The Labute approximate surface area is 129 Å². The van der Waals surface area contributed by atoms with Crippen LogP contribution in [0.4, 0.5) is 5.13 Å². The molecule has 0 aromatic carbocycles. The zero-order chi connectivity index (χ0) is 15.0. The quantitative estimate of drug-likeness (QED) is 0.943. The Kier molecular flexibility index (Phi) is 4.17. The highest BCUT2D eigenvalue weighted by Gasteiger charge is 2.30. The summed E-state index contributed by atoms with van der Waals surface area (Å²) in [5.41, 5.74) is 2.00. The normalized spacial score (nSPS) is 22.9. The maximum absolute atomic E-state index is 10.4. The maximum Gasteiger partial charge on any atom is 0.188 e. The summed E-state index contributed by atoms with van der Waals surface area (Å²) in [6.45, 7) is 5.17. The number of rotatable bonds is 4. The van der Waals surface area contributed by atoms with E-state index in [1.807, 2.05) is 18.7 Å². The highest BCUT2D eigenvalue weighted by molar-refractivity contribution is 7.22. The molecule has 2 heterocycles. The molecule has 1 N–H and O–H groups in total. The number of aryl methyl sites for hydroxylation is 2. The molecular weight excluding hydrogens is 284 g/mol. The van der Waals surface area contributed by atoms with Crippen LogP contribution >= 0.6 is 11.3 Å². The SMILES string of the molecule is CCCN(c1nc2c(s1)c(C)nn2C)[C@@H]1CCCC[C@H]1O. The Morgan fingerprint density at radius 2 is 2.14 bits per heavy atom. The molecule has 6 heteroatoms. The molecule has 1 saturated carbocycles. The van der Waals surface area contributed by atoms with Gasteiger partial charge in [0, 0.05) is 13.6 Å². The molecule has 0 amide bonds. The van der Waals surface area contributed by atoms with Crippen LogP contribution in [0.15, 0.2) is 0 Å². The molecule has 5 nitrogen and oxygen atoms in total. The Hall–Kier alpha value is -1.14. The van der Waals surface area contributed by atoms with Crippen LogP contribution in [0.3, 0.4) is 0 Å². The largest absolute Gasteiger partial charge is 0.391 e. The molecule has 0 spiro atoms. The molecule has 0 radical (unpaired) electrons. The number of thiazole rings is 1. The molecular formula is C15H24N4OS. The van der Waals surface area contributed by atoms with Crippen molar-refractivity contribution in [2.75, 3.05) is 11.4 Å². The second-order valence-electron chi connectivity index (χ2n) is 5.97. The highest BCUT2D eigenvalue weighted by Crippen LogP contribution is 2.34. The van der Waals surface area contributed by atoms with E-state index in [0.29, 0.717) is 0 Å². The number of nitrogens with zero attached hydrogens (tertiary/aromatic N) is 4. The van der Waals surface area contributed by atoms with Crippen LogP contribution in [0.2, 0.25) is 0 Å². The summed E-state index contributed by atoms with van der Waals surface area (Å²) in [7, 11) is 1.94. The molecule has 0 bridgehead atoms. The molecule has 1 fully saturated rings. The van der Waals surface area contributed by atoms with E-state index in [0.717, 1.165) is 48.7 Å². The Balaban J connectivity index is 1.96. The number of hydrogen-bond acceptors (Lipinski definition) is 5. The summed E-state index contributed by atoms with van der Waals surface area (Å²) in [6, 6.07) is 0.215. The average Bonchev–Trinajstić information content (AvgIpc) is 3.00. The van der Waals surface area contributed by atoms with Crippen molar-refractivity contribution in [3.63, 3.8) is 0 Å². The minimum Gasteiger partial charge on any atom is -0.391 e. The predicted octanol–water partition coefficient (Wildman–Crippen LogP) is 2.86. The van der Waals surface area contributed by atoms with Crippen LogP contribution in [0.25, 0.3) is 10.3 Å². The minimum absolute atomic E-state index is 0.215. The van der Waals surface area contributed by atoms with Crippen molar-refractivity contribution < 1.29 is 5.11 Å².